The van der Waals surface area contributed by atoms with Gasteiger partial charge in [-0.05, 0) is 56.3 Å². The molecule has 2 aromatic carbocycles. The van der Waals surface area contributed by atoms with E-state index < -0.39 is 0 Å². The highest BCUT2D eigenvalue weighted by Crippen LogP contribution is 2.35. The van der Waals surface area contributed by atoms with E-state index >= 15 is 0 Å². The molecule has 0 N–H and O–H groups in total. The van der Waals surface area contributed by atoms with E-state index in [0.29, 0.717) is 37.0 Å². The molecule has 0 amide bonds. The Morgan fingerprint density at radius 1 is 1.03 bits per heavy atom. The predicted molar refractivity (Wildman–Crippen MR) is 139 cm³/mol. The Bertz CT molecular complexity index is 1310. The third-order valence-electron chi connectivity index (χ3n) is 5.33. The van der Waals surface area contributed by atoms with Crippen molar-refractivity contribution >= 4 is 28.2 Å². The van der Waals surface area contributed by atoms with Gasteiger partial charge in [0.1, 0.15) is 17.3 Å². The molecule has 0 bridgehead atoms. The third kappa shape index (κ3) is 6.28. The molecule has 0 saturated heterocycles. The molecule has 0 aliphatic carbocycles. The first-order chi connectivity index (χ1) is 17.5. The van der Waals surface area contributed by atoms with Crippen LogP contribution >= 0.6 is 11.3 Å². The molecule has 0 spiro atoms. The molecule has 0 radical (unpaired) electrons. The molecule has 36 heavy (non-hydrogen) atoms. The van der Waals surface area contributed by atoms with Gasteiger partial charge in [0.25, 0.3) is 0 Å². The van der Waals surface area contributed by atoms with Crippen LogP contribution in [0.1, 0.15) is 20.3 Å². The van der Waals surface area contributed by atoms with Crippen LogP contribution in [-0.4, -0.2) is 49.1 Å². The van der Waals surface area contributed by atoms with Crippen LogP contribution in [0.2, 0.25) is 0 Å². The number of ether oxygens (including phenoxy) is 5. The van der Waals surface area contributed by atoms with Crippen molar-refractivity contribution in [1.29, 1.82) is 0 Å². The molecule has 0 atom stereocenters. The molecule has 0 unspecified atom stereocenters. The number of hydrogen-bond donors (Lipinski definition) is 0. The predicted octanol–water partition coefficient (Wildman–Crippen LogP) is 5.58. The van der Waals surface area contributed by atoms with Gasteiger partial charge in [-0.1, -0.05) is 0 Å². The van der Waals surface area contributed by atoms with E-state index in [0.717, 1.165) is 27.2 Å². The number of carbonyl (C=O) groups excluding carboxylic acids is 1. The molecule has 0 aliphatic heterocycles. The van der Waals surface area contributed by atoms with Crippen molar-refractivity contribution in [2.24, 2.45) is 0 Å². The summed E-state index contributed by atoms with van der Waals surface area (Å²) >= 11 is 1.53. The van der Waals surface area contributed by atoms with Gasteiger partial charge in [0.15, 0.2) is 11.5 Å². The second kappa shape index (κ2) is 11.8. The summed E-state index contributed by atoms with van der Waals surface area (Å²) in [5, 5.41) is 3.77. The number of esters is 1. The maximum Gasteiger partial charge on any atom is 0.325 e. The van der Waals surface area contributed by atoms with Gasteiger partial charge >= 0.3 is 5.97 Å². The lowest BCUT2D eigenvalue weighted by Crippen LogP contribution is -2.10. The lowest BCUT2D eigenvalue weighted by atomic mass is 10.2. The van der Waals surface area contributed by atoms with Crippen molar-refractivity contribution in [3.8, 4) is 33.7 Å². The van der Waals surface area contributed by atoms with Crippen LogP contribution in [0.4, 0.5) is 0 Å². The number of nitrogens with zero attached hydrogens (tertiary/aromatic N) is 2. The van der Waals surface area contributed by atoms with E-state index in [9.17, 15) is 4.79 Å². The van der Waals surface area contributed by atoms with Crippen LogP contribution in [-0.2, 0) is 16.1 Å². The normalized spacial score (nSPS) is 11.0. The molecular formula is C27H30N2O6S. The molecule has 0 saturated carbocycles. The monoisotopic (exact) mass is 510 g/mol. The molecule has 9 heteroatoms. The maximum absolute atomic E-state index is 11.6. The molecule has 2 heterocycles. The summed E-state index contributed by atoms with van der Waals surface area (Å²) in [6, 6.07) is 13.5. The molecule has 0 aliphatic rings. The van der Waals surface area contributed by atoms with E-state index in [1.807, 2.05) is 72.5 Å². The van der Waals surface area contributed by atoms with Crippen molar-refractivity contribution in [3.05, 3.63) is 54.0 Å². The number of rotatable bonds is 12. The average molecular weight is 511 g/mol. The Morgan fingerprint density at radius 2 is 1.86 bits per heavy atom. The van der Waals surface area contributed by atoms with E-state index in [-0.39, 0.29) is 18.6 Å². The Hall–Kier alpha value is -3.72. The maximum atomic E-state index is 11.6. The topological polar surface area (TPSA) is 81.0 Å². The van der Waals surface area contributed by atoms with Crippen LogP contribution < -0.4 is 18.9 Å². The summed E-state index contributed by atoms with van der Waals surface area (Å²) in [5.74, 6) is 2.43. The first kappa shape index (κ1) is 25.4. The number of methoxy groups -OCH3 is 2. The zero-order chi connectivity index (χ0) is 25.5. The van der Waals surface area contributed by atoms with Gasteiger partial charge in [-0.3, -0.25) is 4.79 Å². The van der Waals surface area contributed by atoms with Crippen molar-refractivity contribution in [1.82, 2.24) is 9.55 Å². The molecular weight excluding hydrogens is 480 g/mol. The number of thiazole rings is 1. The smallest absolute Gasteiger partial charge is 0.325 e. The Kier molecular flexibility index (Phi) is 8.32. The van der Waals surface area contributed by atoms with Gasteiger partial charge in [0.2, 0.25) is 5.88 Å². The number of aromatic nitrogens is 2. The van der Waals surface area contributed by atoms with Gasteiger partial charge < -0.3 is 28.3 Å². The van der Waals surface area contributed by atoms with E-state index in [1.54, 1.807) is 7.11 Å². The van der Waals surface area contributed by atoms with Crippen LogP contribution in [0, 0.1) is 0 Å². The fourth-order valence-corrected chi connectivity index (χ4v) is 4.37. The Balaban J connectivity index is 1.28. The molecule has 8 nitrogen and oxygen atoms in total. The molecule has 4 rings (SSSR count). The van der Waals surface area contributed by atoms with Gasteiger partial charge in [-0.2, -0.15) is 0 Å². The van der Waals surface area contributed by atoms with Gasteiger partial charge in [-0.25, -0.2) is 4.98 Å². The molecule has 2 aromatic heterocycles. The standard InChI is InChI=1S/C27H30N2O6S/c1-18(2)35-25-17-36-27(28-25)20-6-9-23(24(15-20)31-3)34-13-5-12-33-21-7-8-22-19(14-21)10-11-29(22)16-26(30)32-4/h6-11,14-15,17-18H,5,12-13,16H2,1-4H3. The zero-order valence-corrected chi connectivity index (χ0v) is 21.7. The number of carbonyl (C=O) groups is 1. The fraction of sp³-hybridized carbons (Fsp3) is 0.333. The summed E-state index contributed by atoms with van der Waals surface area (Å²) in [6.45, 7) is 5.12. The second-order valence-corrected chi connectivity index (χ2v) is 9.17. The average Bonchev–Trinajstić information content (AvgIpc) is 3.50. The van der Waals surface area contributed by atoms with Gasteiger partial charge in [0.05, 0.1) is 38.9 Å². The third-order valence-corrected chi connectivity index (χ3v) is 6.20. The minimum atomic E-state index is -0.285. The quantitative estimate of drug-likeness (QED) is 0.182. The van der Waals surface area contributed by atoms with Crippen LogP contribution in [0.15, 0.2) is 54.0 Å². The lowest BCUT2D eigenvalue weighted by molar-refractivity contribution is -0.141. The summed E-state index contributed by atoms with van der Waals surface area (Å²) in [6.07, 6.45) is 2.65. The number of hydrogen-bond acceptors (Lipinski definition) is 8. The van der Waals surface area contributed by atoms with Crippen molar-refractivity contribution < 1.29 is 28.5 Å². The van der Waals surface area contributed by atoms with Crippen molar-refractivity contribution in [2.75, 3.05) is 27.4 Å². The zero-order valence-electron chi connectivity index (χ0n) is 20.9. The van der Waals surface area contributed by atoms with Crippen LogP contribution in [0.5, 0.6) is 23.1 Å². The molecule has 0 fully saturated rings. The highest BCUT2D eigenvalue weighted by atomic mass is 32.1. The Morgan fingerprint density at radius 3 is 2.64 bits per heavy atom. The number of benzene rings is 2. The van der Waals surface area contributed by atoms with Crippen molar-refractivity contribution in [2.45, 2.75) is 32.9 Å². The van der Waals surface area contributed by atoms with E-state index in [1.165, 1.54) is 18.4 Å². The van der Waals surface area contributed by atoms with Crippen LogP contribution in [0.3, 0.4) is 0 Å². The van der Waals surface area contributed by atoms with Gasteiger partial charge in [-0.15, -0.1) is 11.3 Å². The molecule has 190 valence electrons. The summed E-state index contributed by atoms with van der Waals surface area (Å²) in [7, 11) is 3.01. The highest BCUT2D eigenvalue weighted by Gasteiger charge is 2.12. The van der Waals surface area contributed by atoms with E-state index in [2.05, 4.69) is 4.98 Å². The minimum Gasteiger partial charge on any atom is -0.493 e. The highest BCUT2D eigenvalue weighted by molar-refractivity contribution is 7.13. The van der Waals surface area contributed by atoms with Gasteiger partial charge in [0, 0.05) is 29.1 Å². The summed E-state index contributed by atoms with van der Waals surface area (Å²) in [4.78, 5) is 16.1. The first-order valence-electron chi connectivity index (χ1n) is 11.7. The SMILES string of the molecule is COC(=O)Cn1ccc2cc(OCCCOc3ccc(-c4nc(OC(C)C)cs4)cc3OC)ccc21. The number of fused-ring (bicyclic) bond motifs is 1. The molecule has 4 aromatic rings. The van der Waals surface area contributed by atoms with Crippen LogP contribution in [0.25, 0.3) is 21.5 Å². The lowest BCUT2D eigenvalue weighted by Gasteiger charge is -2.12. The summed E-state index contributed by atoms with van der Waals surface area (Å²) in [5.41, 5.74) is 1.90. The Labute approximate surface area is 214 Å². The fourth-order valence-electron chi connectivity index (χ4n) is 3.65. The minimum absolute atomic E-state index is 0.0807. The van der Waals surface area contributed by atoms with E-state index in [4.69, 9.17) is 23.7 Å². The van der Waals surface area contributed by atoms with Crippen molar-refractivity contribution in [3.63, 3.8) is 0 Å². The first-order valence-corrected chi connectivity index (χ1v) is 12.6. The second-order valence-electron chi connectivity index (χ2n) is 8.31. The largest absolute Gasteiger partial charge is 0.493 e. The summed E-state index contributed by atoms with van der Waals surface area (Å²) < 4.78 is 29.6.